The number of aromatic nitrogens is 1. The van der Waals surface area contributed by atoms with E-state index in [0.717, 1.165) is 0 Å². The van der Waals surface area contributed by atoms with Crippen LogP contribution in [-0.2, 0) is 0 Å². The maximum absolute atomic E-state index is 11.8. The Labute approximate surface area is 106 Å². The van der Waals surface area contributed by atoms with Crippen LogP contribution < -0.4 is 17.1 Å². The smallest absolute Gasteiger partial charge is 0.350 e. The first-order valence-electron chi connectivity index (χ1n) is 5.19. The van der Waals surface area contributed by atoms with Gasteiger partial charge in [0, 0.05) is 16.6 Å². The summed E-state index contributed by atoms with van der Waals surface area (Å²) in [5, 5.41) is 2.03. The first kappa shape index (κ1) is 10.8. The summed E-state index contributed by atoms with van der Waals surface area (Å²) < 4.78 is 5.17. The van der Waals surface area contributed by atoms with Crippen LogP contribution in [0.3, 0.4) is 0 Å². The van der Waals surface area contributed by atoms with E-state index in [1.54, 1.807) is 29.6 Å². The zero-order valence-corrected chi connectivity index (χ0v) is 10.0. The van der Waals surface area contributed by atoms with Gasteiger partial charge in [-0.05, 0) is 24.3 Å². The summed E-state index contributed by atoms with van der Waals surface area (Å²) in [5.74, 6) is 0.273. The van der Waals surface area contributed by atoms with Crippen molar-refractivity contribution in [2.75, 3.05) is 11.5 Å². The zero-order valence-electron chi connectivity index (χ0n) is 9.21. The number of hydrogen-bond acceptors (Lipinski definition) is 6. The standard InChI is InChI=1S/C12H9N3O2S/c13-7-3-1-6(2-4-7)10-15-11-9(12(16)17-10)8(14)5-18-11/h1-5H,13-14H2. The molecule has 0 unspecified atom stereocenters. The lowest BCUT2D eigenvalue weighted by Crippen LogP contribution is -2.03. The number of fused-ring (bicyclic) bond motifs is 1. The van der Waals surface area contributed by atoms with Crippen molar-refractivity contribution in [3.63, 3.8) is 0 Å². The summed E-state index contributed by atoms with van der Waals surface area (Å²) in [4.78, 5) is 16.7. The number of thiophene rings is 1. The van der Waals surface area contributed by atoms with Crippen LogP contribution in [0.2, 0.25) is 0 Å². The summed E-state index contributed by atoms with van der Waals surface area (Å²) in [5.41, 5.74) is 12.6. The van der Waals surface area contributed by atoms with E-state index in [1.807, 2.05) is 0 Å². The van der Waals surface area contributed by atoms with Crippen molar-refractivity contribution in [3.8, 4) is 11.5 Å². The van der Waals surface area contributed by atoms with Gasteiger partial charge in [-0.1, -0.05) is 0 Å². The van der Waals surface area contributed by atoms with Crippen LogP contribution in [0.5, 0.6) is 0 Å². The van der Waals surface area contributed by atoms with Crippen LogP contribution in [0.15, 0.2) is 38.9 Å². The number of rotatable bonds is 1. The van der Waals surface area contributed by atoms with Gasteiger partial charge < -0.3 is 15.9 Å². The number of anilines is 2. The van der Waals surface area contributed by atoms with Gasteiger partial charge in [-0.15, -0.1) is 11.3 Å². The highest BCUT2D eigenvalue weighted by Gasteiger charge is 2.12. The Kier molecular flexibility index (Phi) is 2.31. The third-order valence-corrected chi connectivity index (χ3v) is 3.44. The van der Waals surface area contributed by atoms with Crippen molar-refractivity contribution in [2.24, 2.45) is 0 Å². The van der Waals surface area contributed by atoms with Crippen LogP contribution in [-0.4, -0.2) is 4.98 Å². The minimum absolute atomic E-state index is 0.273. The van der Waals surface area contributed by atoms with Gasteiger partial charge in [0.15, 0.2) is 0 Å². The highest BCUT2D eigenvalue weighted by Crippen LogP contribution is 2.26. The zero-order chi connectivity index (χ0) is 12.7. The number of benzene rings is 1. The molecule has 0 atom stereocenters. The summed E-state index contributed by atoms with van der Waals surface area (Å²) in [6.07, 6.45) is 0. The normalized spacial score (nSPS) is 10.9. The van der Waals surface area contributed by atoms with E-state index in [2.05, 4.69) is 4.98 Å². The van der Waals surface area contributed by atoms with Gasteiger partial charge in [0.1, 0.15) is 10.2 Å². The molecule has 0 amide bonds. The van der Waals surface area contributed by atoms with Gasteiger partial charge in [0.05, 0.1) is 5.69 Å². The van der Waals surface area contributed by atoms with Gasteiger partial charge in [-0.3, -0.25) is 0 Å². The molecule has 3 aromatic rings. The number of nitrogens with zero attached hydrogens (tertiary/aromatic N) is 1. The van der Waals surface area contributed by atoms with Crippen LogP contribution in [0.1, 0.15) is 0 Å². The van der Waals surface area contributed by atoms with Crippen LogP contribution >= 0.6 is 11.3 Å². The number of nitrogen functional groups attached to an aromatic ring is 2. The number of nitrogens with two attached hydrogens (primary N) is 2. The summed E-state index contributed by atoms with van der Waals surface area (Å²) in [6.45, 7) is 0. The Morgan fingerprint density at radius 2 is 1.89 bits per heavy atom. The van der Waals surface area contributed by atoms with E-state index >= 15 is 0 Å². The molecule has 4 N–H and O–H groups in total. The second kappa shape index (κ2) is 3.85. The van der Waals surface area contributed by atoms with E-state index in [4.69, 9.17) is 15.9 Å². The third-order valence-electron chi connectivity index (χ3n) is 2.55. The maximum Gasteiger partial charge on any atom is 0.350 e. The quantitative estimate of drug-likeness (QED) is 0.652. The van der Waals surface area contributed by atoms with Gasteiger partial charge in [0.25, 0.3) is 0 Å². The molecule has 3 rings (SSSR count). The van der Waals surface area contributed by atoms with E-state index in [0.29, 0.717) is 27.2 Å². The highest BCUT2D eigenvalue weighted by molar-refractivity contribution is 7.17. The predicted octanol–water partition coefficient (Wildman–Crippen LogP) is 2.08. The molecule has 18 heavy (non-hydrogen) atoms. The maximum atomic E-state index is 11.8. The Balaban J connectivity index is 2.25. The Hall–Kier alpha value is -2.34. The van der Waals surface area contributed by atoms with Crippen molar-refractivity contribution >= 4 is 32.9 Å². The second-order valence-corrected chi connectivity index (χ2v) is 4.66. The fourth-order valence-electron chi connectivity index (χ4n) is 1.65. The molecule has 0 saturated carbocycles. The monoisotopic (exact) mass is 259 g/mol. The third kappa shape index (κ3) is 1.63. The molecule has 2 heterocycles. The van der Waals surface area contributed by atoms with Crippen LogP contribution in [0.25, 0.3) is 21.7 Å². The van der Waals surface area contributed by atoms with Gasteiger partial charge in [-0.2, -0.15) is 0 Å². The van der Waals surface area contributed by atoms with Gasteiger partial charge in [-0.25, -0.2) is 9.78 Å². The average Bonchev–Trinajstić information content (AvgIpc) is 2.72. The van der Waals surface area contributed by atoms with Gasteiger partial charge >= 0.3 is 5.63 Å². The molecule has 0 saturated heterocycles. The van der Waals surface area contributed by atoms with E-state index in [-0.39, 0.29) is 5.89 Å². The predicted molar refractivity (Wildman–Crippen MR) is 72.4 cm³/mol. The Morgan fingerprint density at radius 3 is 2.61 bits per heavy atom. The molecule has 2 aromatic heterocycles. The minimum atomic E-state index is -0.467. The molecule has 5 nitrogen and oxygen atoms in total. The second-order valence-electron chi connectivity index (χ2n) is 3.80. The van der Waals surface area contributed by atoms with E-state index in [9.17, 15) is 4.79 Å². The van der Waals surface area contributed by atoms with Crippen molar-refractivity contribution in [1.82, 2.24) is 4.98 Å². The first-order valence-corrected chi connectivity index (χ1v) is 6.07. The first-order chi connectivity index (χ1) is 8.65. The van der Waals surface area contributed by atoms with E-state index in [1.165, 1.54) is 11.3 Å². The van der Waals surface area contributed by atoms with Crippen LogP contribution in [0, 0.1) is 0 Å². The molecular formula is C12H9N3O2S. The number of hydrogen-bond donors (Lipinski definition) is 2. The largest absolute Gasteiger partial charge is 0.403 e. The van der Waals surface area contributed by atoms with E-state index < -0.39 is 5.63 Å². The van der Waals surface area contributed by atoms with Crippen molar-refractivity contribution in [1.29, 1.82) is 0 Å². The molecule has 0 aliphatic heterocycles. The lowest BCUT2D eigenvalue weighted by atomic mass is 10.2. The van der Waals surface area contributed by atoms with Crippen LogP contribution in [0.4, 0.5) is 11.4 Å². The molecule has 0 aliphatic carbocycles. The molecule has 0 bridgehead atoms. The summed E-state index contributed by atoms with van der Waals surface area (Å²) in [7, 11) is 0. The van der Waals surface area contributed by atoms with Crippen molar-refractivity contribution < 1.29 is 4.42 Å². The molecule has 0 spiro atoms. The highest BCUT2D eigenvalue weighted by atomic mass is 32.1. The molecule has 0 aliphatic rings. The minimum Gasteiger partial charge on any atom is -0.403 e. The van der Waals surface area contributed by atoms with Gasteiger partial charge in [0.2, 0.25) is 5.89 Å². The lowest BCUT2D eigenvalue weighted by molar-refractivity contribution is 0.519. The topological polar surface area (TPSA) is 95.1 Å². The molecule has 1 aromatic carbocycles. The summed E-state index contributed by atoms with van der Waals surface area (Å²) in [6, 6.07) is 6.96. The Morgan fingerprint density at radius 1 is 1.17 bits per heavy atom. The Bertz CT molecular complexity index is 774. The molecule has 0 fully saturated rings. The molecule has 0 radical (unpaired) electrons. The molecular weight excluding hydrogens is 250 g/mol. The fraction of sp³-hybridized carbons (Fsp3) is 0. The van der Waals surface area contributed by atoms with Crippen molar-refractivity contribution in [2.45, 2.75) is 0 Å². The molecule has 90 valence electrons. The molecule has 6 heteroatoms. The summed E-state index contributed by atoms with van der Waals surface area (Å²) >= 11 is 1.32. The van der Waals surface area contributed by atoms with Crippen molar-refractivity contribution in [3.05, 3.63) is 40.1 Å². The lowest BCUT2D eigenvalue weighted by Gasteiger charge is -2.00. The SMILES string of the molecule is Nc1ccc(-c2nc3scc(N)c3c(=O)o2)cc1. The fourth-order valence-corrected chi connectivity index (χ4v) is 2.46. The average molecular weight is 259 g/mol.